The minimum Gasteiger partial charge on any atom is -0.477 e. The molecular formula is C12H20N4O4. The van der Waals surface area contributed by atoms with Gasteiger partial charge in [0.1, 0.15) is 0 Å². The highest BCUT2D eigenvalue weighted by atomic mass is 16.6. The molecule has 0 aromatic rings. The van der Waals surface area contributed by atoms with Gasteiger partial charge in [-0.25, -0.2) is 4.79 Å². The molecule has 1 atom stereocenters. The lowest BCUT2D eigenvalue weighted by Gasteiger charge is -2.27. The summed E-state index contributed by atoms with van der Waals surface area (Å²) in [6.07, 6.45) is 0.0876. The van der Waals surface area contributed by atoms with Crippen LogP contribution in [0.3, 0.4) is 0 Å². The van der Waals surface area contributed by atoms with Gasteiger partial charge in [0.2, 0.25) is 6.10 Å². The molecular weight excluding hydrogens is 264 g/mol. The van der Waals surface area contributed by atoms with Gasteiger partial charge in [0.25, 0.3) is 5.91 Å². The molecule has 1 amide bonds. The van der Waals surface area contributed by atoms with Crippen molar-refractivity contribution in [3.8, 4) is 0 Å². The lowest BCUT2D eigenvalue weighted by molar-refractivity contribution is -0.131. The molecule has 0 saturated carbocycles. The zero-order chi connectivity index (χ0) is 14.4. The Morgan fingerprint density at radius 1 is 1.45 bits per heavy atom. The van der Waals surface area contributed by atoms with Crippen molar-refractivity contribution in [3.63, 3.8) is 0 Å². The molecule has 3 N–H and O–H groups in total. The Labute approximate surface area is 117 Å². The molecule has 0 spiro atoms. The molecule has 0 bridgehead atoms. The number of carbonyl (C=O) groups excluding carboxylic acids is 1. The van der Waals surface area contributed by atoms with Crippen LogP contribution >= 0.6 is 0 Å². The zero-order valence-electron chi connectivity index (χ0n) is 11.3. The third kappa shape index (κ3) is 4.17. The van der Waals surface area contributed by atoms with Crippen LogP contribution in [-0.4, -0.2) is 73.0 Å². The van der Waals surface area contributed by atoms with Crippen LogP contribution in [0.25, 0.3) is 0 Å². The predicted octanol–water partition coefficient (Wildman–Crippen LogP) is -1.37. The number of rotatable bonds is 6. The quantitative estimate of drug-likeness (QED) is 0.520. The second-order valence-electron chi connectivity index (χ2n) is 4.88. The van der Waals surface area contributed by atoms with E-state index >= 15 is 0 Å². The maximum Gasteiger partial charge on any atom is 0.353 e. The van der Waals surface area contributed by atoms with E-state index in [1.54, 1.807) is 0 Å². The van der Waals surface area contributed by atoms with E-state index in [1.807, 2.05) is 0 Å². The van der Waals surface area contributed by atoms with Crippen molar-refractivity contribution < 1.29 is 19.5 Å². The molecule has 2 aliphatic rings. The fourth-order valence-corrected chi connectivity index (χ4v) is 2.21. The van der Waals surface area contributed by atoms with E-state index in [9.17, 15) is 9.59 Å². The molecule has 1 saturated heterocycles. The average molecular weight is 284 g/mol. The molecule has 0 aliphatic carbocycles. The summed E-state index contributed by atoms with van der Waals surface area (Å²) in [5, 5.41) is 18.1. The van der Waals surface area contributed by atoms with Crippen LogP contribution in [0.4, 0.5) is 0 Å². The van der Waals surface area contributed by atoms with E-state index in [0.29, 0.717) is 6.54 Å². The lowest BCUT2D eigenvalue weighted by atomic mass is 10.1. The van der Waals surface area contributed by atoms with Crippen molar-refractivity contribution in [1.29, 1.82) is 0 Å². The number of oxime groups is 1. The Morgan fingerprint density at radius 2 is 2.20 bits per heavy atom. The number of piperazine rings is 1. The molecule has 2 aliphatic heterocycles. The molecule has 112 valence electrons. The van der Waals surface area contributed by atoms with Crippen molar-refractivity contribution in [2.24, 2.45) is 5.16 Å². The van der Waals surface area contributed by atoms with Crippen molar-refractivity contribution in [3.05, 3.63) is 0 Å². The molecule has 1 unspecified atom stereocenters. The molecule has 20 heavy (non-hydrogen) atoms. The Bertz CT molecular complexity index is 393. The van der Waals surface area contributed by atoms with Gasteiger partial charge in [-0.3, -0.25) is 4.79 Å². The highest BCUT2D eigenvalue weighted by Gasteiger charge is 2.31. The standard InChI is InChI=1S/C12H20N4O4/c17-11(10-8-9(12(18)19)15-20-10)14-2-1-5-16-6-3-13-4-7-16/h10,13H,1-8H2,(H,14,17)(H,18,19). The maximum atomic E-state index is 11.7. The summed E-state index contributed by atoms with van der Waals surface area (Å²) in [4.78, 5) is 29.6. The minimum absolute atomic E-state index is 0.0267. The largest absolute Gasteiger partial charge is 0.477 e. The van der Waals surface area contributed by atoms with Crippen LogP contribution < -0.4 is 10.6 Å². The summed E-state index contributed by atoms with van der Waals surface area (Å²) in [5.74, 6) is -1.44. The van der Waals surface area contributed by atoms with E-state index < -0.39 is 12.1 Å². The van der Waals surface area contributed by atoms with Crippen LogP contribution in [0.1, 0.15) is 12.8 Å². The van der Waals surface area contributed by atoms with Crippen LogP contribution in [0.2, 0.25) is 0 Å². The molecule has 2 heterocycles. The molecule has 0 radical (unpaired) electrons. The summed E-state index contributed by atoms with van der Waals surface area (Å²) >= 11 is 0. The third-order valence-corrected chi connectivity index (χ3v) is 3.37. The van der Waals surface area contributed by atoms with Gasteiger partial charge < -0.3 is 25.5 Å². The first-order valence-electron chi connectivity index (χ1n) is 6.83. The van der Waals surface area contributed by atoms with Crippen molar-refractivity contribution >= 4 is 17.6 Å². The first-order chi connectivity index (χ1) is 9.66. The van der Waals surface area contributed by atoms with Gasteiger partial charge in [-0.1, -0.05) is 5.16 Å². The third-order valence-electron chi connectivity index (χ3n) is 3.37. The van der Waals surface area contributed by atoms with E-state index in [1.165, 1.54) is 0 Å². The van der Waals surface area contributed by atoms with Crippen LogP contribution in [0, 0.1) is 0 Å². The van der Waals surface area contributed by atoms with Gasteiger partial charge in [0.15, 0.2) is 5.71 Å². The van der Waals surface area contributed by atoms with Gasteiger partial charge in [-0.15, -0.1) is 0 Å². The SMILES string of the molecule is O=C(O)C1=NOC(C(=O)NCCCN2CCNCC2)C1. The second-order valence-corrected chi connectivity index (χ2v) is 4.88. The molecule has 0 aromatic heterocycles. The van der Waals surface area contributed by atoms with Gasteiger partial charge >= 0.3 is 5.97 Å². The number of aliphatic carboxylic acids is 1. The molecule has 1 fully saturated rings. The monoisotopic (exact) mass is 284 g/mol. The van der Waals surface area contributed by atoms with Gasteiger partial charge in [-0.05, 0) is 13.0 Å². The summed E-state index contributed by atoms with van der Waals surface area (Å²) < 4.78 is 0. The summed E-state index contributed by atoms with van der Waals surface area (Å²) in [7, 11) is 0. The molecule has 8 heteroatoms. The van der Waals surface area contributed by atoms with E-state index in [2.05, 4.69) is 20.7 Å². The Balaban J connectivity index is 1.58. The highest BCUT2D eigenvalue weighted by Crippen LogP contribution is 2.10. The number of hydrogen-bond acceptors (Lipinski definition) is 6. The number of carboxylic acids is 1. The summed E-state index contributed by atoms with van der Waals surface area (Å²) in [6.45, 7) is 5.61. The van der Waals surface area contributed by atoms with Gasteiger partial charge in [-0.2, -0.15) is 0 Å². The fraction of sp³-hybridized carbons (Fsp3) is 0.750. The fourth-order valence-electron chi connectivity index (χ4n) is 2.21. The Morgan fingerprint density at radius 3 is 2.85 bits per heavy atom. The highest BCUT2D eigenvalue weighted by molar-refractivity contribution is 6.36. The van der Waals surface area contributed by atoms with Crippen molar-refractivity contribution in [2.75, 3.05) is 39.3 Å². The molecule has 0 aromatic carbocycles. The number of hydrogen-bond donors (Lipinski definition) is 3. The minimum atomic E-state index is -1.14. The van der Waals surface area contributed by atoms with Crippen molar-refractivity contribution in [2.45, 2.75) is 18.9 Å². The molecule has 8 nitrogen and oxygen atoms in total. The lowest BCUT2D eigenvalue weighted by Crippen LogP contribution is -2.44. The zero-order valence-corrected chi connectivity index (χ0v) is 11.3. The Kier molecular flexibility index (Phi) is 5.31. The number of carbonyl (C=O) groups is 2. The number of nitrogens with one attached hydrogen (secondary N) is 2. The van der Waals surface area contributed by atoms with Crippen LogP contribution in [0.15, 0.2) is 5.16 Å². The smallest absolute Gasteiger partial charge is 0.353 e. The Hall–Kier alpha value is -1.67. The first-order valence-corrected chi connectivity index (χ1v) is 6.83. The number of amides is 1. The normalized spacial score (nSPS) is 23.0. The number of carboxylic acid groups (broad SMARTS) is 1. The maximum absolute atomic E-state index is 11.7. The summed E-state index contributed by atoms with van der Waals surface area (Å²) in [5.41, 5.74) is -0.106. The predicted molar refractivity (Wildman–Crippen MR) is 71.5 cm³/mol. The van der Waals surface area contributed by atoms with E-state index in [-0.39, 0.29) is 18.0 Å². The van der Waals surface area contributed by atoms with E-state index in [4.69, 9.17) is 9.94 Å². The van der Waals surface area contributed by atoms with Gasteiger partial charge in [0, 0.05) is 39.1 Å². The van der Waals surface area contributed by atoms with Crippen molar-refractivity contribution in [1.82, 2.24) is 15.5 Å². The van der Waals surface area contributed by atoms with Crippen LogP contribution in [-0.2, 0) is 14.4 Å². The number of nitrogens with zero attached hydrogens (tertiary/aromatic N) is 2. The second kappa shape index (κ2) is 7.20. The summed E-state index contributed by atoms with van der Waals surface area (Å²) in [6, 6.07) is 0. The average Bonchev–Trinajstić information content (AvgIpc) is 2.94. The van der Waals surface area contributed by atoms with E-state index in [0.717, 1.165) is 39.1 Å². The molecule has 2 rings (SSSR count). The first kappa shape index (κ1) is 14.7. The van der Waals surface area contributed by atoms with Crippen LogP contribution in [0.5, 0.6) is 0 Å². The van der Waals surface area contributed by atoms with Gasteiger partial charge in [0.05, 0.1) is 0 Å². The topological polar surface area (TPSA) is 103 Å².